The molecular weight excluding hydrogens is 225 g/mol. The minimum absolute atomic E-state index is 0.183. The monoisotopic (exact) mass is 239 g/mol. The molecule has 1 saturated heterocycles. The average molecular weight is 239 g/mol. The molecule has 92 valence electrons. The lowest BCUT2D eigenvalue weighted by Gasteiger charge is -2.14. The first kappa shape index (κ1) is 11.9. The minimum Gasteiger partial charge on any atom is -0.494 e. The molecule has 1 fully saturated rings. The maximum Gasteiger partial charge on any atom is 0.320 e. The molecule has 1 heterocycles. The Morgan fingerprint density at radius 2 is 2.29 bits per heavy atom. The number of hydrogen-bond donors (Lipinski definition) is 2. The molecule has 2 atom stereocenters. The number of carboxylic acid groups (broad SMARTS) is 1. The normalized spacial score (nSPS) is 23.6. The molecular formula is C12H14FNO3. The highest BCUT2D eigenvalue weighted by Crippen LogP contribution is 2.31. The molecule has 0 radical (unpaired) electrons. The number of carbonyl (C=O) groups is 1. The number of nitrogens with one attached hydrogen (secondary N) is 1. The van der Waals surface area contributed by atoms with Crippen molar-refractivity contribution in [1.82, 2.24) is 5.32 Å². The van der Waals surface area contributed by atoms with Gasteiger partial charge in [0.25, 0.3) is 0 Å². The van der Waals surface area contributed by atoms with Gasteiger partial charge in [-0.2, -0.15) is 0 Å². The summed E-state index contributed by atoms with van der Waals surface area (Å²) in [7, 11) is 1.41. The van der Waals surface area contributed by atoms with Crippen molar-refractivity contribution in [3.63, 3.8) is 0 Å². The lowest BCUT2D eigenvalue weighted by molar-refractivity contribution is -0.139. The summed E-state index contributed by atoms with van der Waals surface area (Å²) in [6.07, 6.45) is 1.12. The molecule has 4 nitrogen and oxygen atoms in total. The third-order valence-corrected chi connectivity index (χ3v) is 3.03. The van der Waals surface area contributed by atoms with Crippen molar-refractivity contribution >= 4 is 5.97 Å². The number of aliphatic carboxylic acids is 1. The molecule has 0 aromatic heterocycles. The zero-order valence-corrected chi connectivity index (χ0v) is 9.44. The van der Waals surface area contributed by atoms with Gasteiger partial charge in [0, 0.05) is 11.6 Å². The first-order valence-electron chi connectivity index (χ1n) is 5.44. The lowest BCUT2D eigenvalue weighted by atomic mass is 10.0. The zero-order valence-electron chi connectivity index (χ0n) is 9.44. The summed E-state index contributed by atoms with van der Waals surface area (Å²) in [6, 6.07) is 4.05. The van der Waals surface area contributed by atoms with E-state index in [4.69, 9.17) is 9.84 Å². The summed E-state index contributed by atoms with van der Waals surface area (Å²) in [5.74, 6) is -1.13. The predicted octanol–water partition coefficient (Wildman–Crippen LogP) is 1.71. The quantitative estimate of drug-likeness (QED) is 0.843. The molecule has 2 N–H and O–H groups in total. The van der Waals surface area contributed by atoms with Crippen molar-refractivity contribution in [3.8, 4) is 5.75 Å². The van der Waals surface area contributed by atoms with Crippen molar-refractivity contribution in [3.05, 3.63) is 29.6 Å². The fourth-order valence-corrected chi connectivity index (χ4v) is 2.14. The molecule has 0 saturated carbocycles. The third kappa shape index (κ3) is 2.24. The second-order valence-corrected chi connectivity index (χ2v) is 4.05. The molecule has 1 aromatic carbocycles. The molecule has 1 aromatic rings. The summed E-state index contributed by atoms with van der Waals surface area (Å²) >= 11 is 0. The highest BCUT2D eigenvalue weighted by molar-refractivity contribution is 5.74. The van der Waals surface area contributed by atoms with Crippen molar-refractivity contribution in [1.29, 1.82) is 0 Å². The van der Waals surface area contributed by atoms with Crippen LogP contribution in [0.4, 0.5) is 4.39 Å². The van der Waals surface area contributed by atoms with Gasteiger partial charge in [0.15, 0.2) is 11.6 Å². The van der Waals surface area contributed by atoms with Crippen LogP contribution < -0.4 is 10.1 Å². The smallest absolute Gasteiger partial charge is 0.320 e. The van der Waals surface area contributed by atoms with E-state index in [2.05, 4.69) is 5.32 Å². The Kier molecular flexibility index (Phi) is 3.28. The van der Waals surface area contributed by atoms with E-state index < -0.39 is 17.8 Å². The lowest BCUT2D eigenvalue weighted by Crippen LogP contribution is -2.32. The number of methoxy groups -OCH3 is 1. The van der Waals surface area contributed by atoms with Gasteiger partial charge < -0.3 is 9.84 Å². The number of ether oxygens (including phenoxy) is 1. The highest BCUT2D eigenvalue weighted by Gasteiger charge is 2.31. The van der Waals surface area contributed by atoms with Crippen LogP contribution >= 0.6 is 0 Å². The van der Waals surface area contributed by atoms with Crippen molar-refractivity contribution in [2.75, 3.05) is 7.11 Å². The van der Waals surface area contributed by atoms with Gasteiger partial charge in [0.05, 0.1) is 7.11 Å². The predicted molar refractivity (Wildman–Crippen MR) is 59.5 cm³/mol. The molecule has 0 aliphatic carbocycles. The number of halogens is 1. The maximum atomic E-state index is 13.9. The van der Waals surface area contributed by atoms with E-state index in [0.29, 0.717) is 18.4 Å². The largest absolute Gasteiger partial charge is 0.494 e. The van der Waals surface area contributed by atoms with Crippen LogP contribution in [0.25, 0.3) is 0 Å². The Morgan fingerprint density at radius 1 is 1.53 bits per heavy atom. The van der Waals surface area contributed by atoms with Crippen LogP contribution in [0.15, 0.2) is 18.2 Å². The van der Waals surface area contributed by atoms with Crippen molar-refractivity contribution in [2.45, 2.75) is 24.9 Å². The molecule has 0 spiro atoms. The Balaban J connectivity index is 2.22. The summed E-state index contributed by atoms with van der Waals surface area (Å²) < 4.78 is 18.8. The van der Waals surface area contributed by atoms with Crippen LogP contribution in [-0.2, 0) is 4.79 Å². The van der Waals surface area contributed by atoms with Crippen molar-refractivity contribution < 1.29 is 19.0 Å². The van der Waals surface area contributed by atoms with E-state index in [1.165, 1.54) is 7.11 Å². The maximum absolute atomic E-state index is 13.9. The zero-order chi connectivity index (χ0) is 12.4. The van der Waals surface area contributed by atoms with Crippen LogP contribution in [0.1, 0.15) is 24.4 Å². The summed E-state index contributed by atoms with van der Waals surface area (Å²) in [5.41, 5.74) is 0.466. The number of rotatable bonds is 3. The first-order chi connectivity index (χ1) is 8.13. The topological polar surface area (TPSA) is 58.6 Å². The molecule has 0 amide bonds. The van der Waals surface area contributed by atoms with Crippen LogP contribution in [0.5, 0.6) is 5.75 Å². The molecule has 2 rings (SSSR count). The van der Waals surface area contributed by atoms with E-state index in [-0.39, 0.29) is 11.8 Å². The summed E-state index contributed by atoms with van der Waals surface area (Å²) in [4.78, 5) is 10.8. The molecule has 1 aliphatic rings. The second-order valence-electron chi connectivity index (χ2n) is 4.05. The molecule has 1 aliphatic heterocycles. The van der Waals surface area contributed by atoms with E-state index in [0.717, 1.165) is 0 Å². The fourth-order valence-electron chi connectivity index (χ4n) is 2.14. The SMILES string of the molecule is COc1cccc(C2CCC(C(=O)O)N2)c1F. The van der Waals surface area contributed by atoms with E-state index in [9.17, 15) is 9.18 Å². The van der Waals surface area contributed by atoms with Gasteiger partial charge in [-0.3, -0.25) is 10.1 Å². The van der Waals surface area contributed by atoms with Crippen LogP contribution in [0, 0.1) is 5.82 Å². The van der Waals surface area contributed by atoms with Gasteiger partial charge in [0.2, 0.25) is 0 Å². The summed E-state index contributed by atoms with van der Waals surface area (Å²) in [6.45, 7) is 0. The van der Waals surface area contributed by atoms with Gasteiger partial charge in [-0.05, 0) is 18.9 Å². The van der Waals surface area contributed by atoms with Crippen LogP contribution in [-0.4, -0.2) is 24.2 Å². The van der Waals surface area contributed by atoms with E-state index in [1.807, 2.05) is 0 Å². The Labute approximate surface area is 98.4 Å². The van der Waals surface area contributed by atoms with Crippen LogP contribution in [0.2, 0.25) is 0 Å². The van der Waals surface area contributed by atoms with Gasteiger partial charge in [-0.25, -0.2) is 4.39 Å². The van der Waals surface area contributed by atoms with Gasteiger partial charge >= 0.3 is 5.97 Å². The minimum atomic E-state index is -0.893. The fraction of sp³-hybridized carbons (Fsp3) is 0.417. The molecule has 2 unspecified atom stereocenters. The van der Waals surface area contributed by atoms with Gasteiger partial charge in [-0.15, -0.1) is 0 Å². The molecule has 5 heteroatoms. The summed E-state index contributed by atoms with van der Waals surface area (Å²) in [5, 5.41) is 11.8. The van der Waals surface area contributed by atoms with Crippen molar-refractivity contribution in [2.24, 2.45) is 0 Å². The van der Waals surface area contributed by atoms with Gasteiger partial charge in [0.1, 0.15) is 6.04 Å². The van der Waals surface area contributed by atoms with E-state index >= 15 is 0 Å². The standard InChI is InChI=1S/C12H14FNO3/c1-17-10-4-2-3-7(11(10)13)8-5-6-9(14-8)12(15)16/h2-4,8-9,14H,5-6H2,1H3,(H,15,16). The molecule has 17 heavy (non-hydrogen) atoms. The highest BCUT2D eigenvalue weighted by atomic mass is 19.1. The second kappa shape index (κ2) is 4.71. The molecule has 0 bridgehead atoms. The Hall–Kier alpha value is -1.62. The first-order valence-corrected chi connectivity index (χ1v) is 5.44. The number of hydrogen-bond acceptors (Lipinski definition) is 3. The van der Waals surface area contributed by atoms with E-state index in [1.54, 1.807) is 18.2 Å². The number of carboxylic acids is 1. The third-order valence-electron chi connectivity index (χ3n) is 3.03. The average Bonchev–Trinajstić information content (AvgIpc) is 2.78. The van der Waals surface area contributed by atoms with Gasteiger partial charge in [-0.1, -0.05) is 12.1 Å². The Bertz CT molecular complexity index is 436. The number of benzene rings is 1. The van der Waals surface area contributed by atoms with Crippen LogP contribution in [0.3, 0.4) is 0 Å². The Morgan fingerprint density at radius 3 is 2.88 bits per heavy atom.